The van der Waals surface area contributed by atoms with Crippen LogP contribution in [0.4, 0.5) is 32.1 Å². The SMILES string of the molecule is COc1cc(C)cc(C(=O)Nc2ccc(Cl)cn2)c1CC(=O)c1ccc(C2=NCCN2C)cc1.COc1cc(C)cc(C(=O)Nc2ccc(Cl)cn2)c1CC(=O)c1ccc(C2=NCCN2C)cc1F.Cc1ccc(CC(=O)c2ccc(C3=NCCN3C)cc2)c(C(=O)Nc2ccc(Br)cn2)c1.Cc1ccc(CC(=O)c2ccc(C3=NCCN3C)cc2F)c(C(=O)Nc2ccc(Cl)cn2)c1. The lowest BCUT2D eigenvalue weighted by atomic mass is 9.95. The van der Waals surface area contributed by atoms with Gasteiger partial charge in [-0.1, -0.05) is 131 Å². The van der Waals surface area contributed by atoms with Gasteiger partial charge in [0.05, 0.1) is 66.6 Å². The van der Waals surface area contributed by atoms with Crippen molar-refractivity contribution in [2.24, 2.45) is 20.0 Å². The quantitative estimate of drug-likeness (QED) is 0.0366. The number of nitrogens with one attached hydrogen (secondary N) is 4. The lowest BCUT2D eigenvalue weighted by Gasteiger charge is -2.16. The third-order valence-electron chi connectivity index (χ3n) is 22.1. The molecule has 134 heavy (non-hydrogen) atoms. The van der Waals surface area contributed by atoms with Crippen LogP contribution in [0.25, 0.3) is 0 Å². The van der Waals surface area contributed by atoms with E-state index in [2.05, 4.69) is 86.9 Å². The zero-order valence-electron chi connectivity index (χ0n) is 75.0. The van der Waals surface area contributed by atoms with E-state index in [1.807, 2.05) is 132 Å². The molecular weight excluding hydrogens is 1830 g/mol. The van der Waals surface area contributed by atoms with Crippen LogP contribution in [0.15, 0.2) is 243 Å². The van der Waals surface area contributed by atoms with Gasteiger partial charge in [-0.15, -0.1) is 0 Å². The third-order valence-corrected chi connectivity index (χ3v) is 23.3. The molecule has 4 N–H and O–H groups in total. The van der Waals surface area contributed by atoms with Gasteiger partial charge in [-0.2, -0.15) is 0 Å². The van der Waals surface area contributed by atoms with Gasteiger partial charge in [0.25, 0.3) is 23.6 Å². The van der Waals surface area contributed by atoms with Gasteiger partial charge in [-0.25, -0.2) is 28.7 Å². The lowest BCUT2D eigenvalue weighted by Crippen LogP contribution is -2.23. The van der Waals surface area contributed by atoms with Crippen LogP contribution in [0.2, 0.25) is 15.1 Å². The number of hydrogen-bond acceptors (Lipinski definition) is 22. The average molecular weight is 1930 g/mol. The van der Waals surface area contributed by atoms with Crippen LogP contribution in [0.5, 0.6) is 11.5 Å². The van der Waals surface area contributed by atoms with Gasteiger partial charge in [0.1, 0.15) is 69.7 Å². The summed E-state index contributed by atoms with van der Waals surface area (Å²) < 4.78 is 41.6. The molecule has 0 atom stereocenters. The molecule has 32 heteroatoms. The summed E-state index contributed by atoms with van der Waals surface area (Å²) in [7, 11) is 10.8. The molecule has 684 valence electrons. The number of nitrogens with zero attached hydrogens (tertiary/aromatic N) is 12. The predicted octanol–water partition coefficient (Wildman–Crippen LogP) is 18.1. The molecular formula is C102H94BrCl3F2N16O10. The van der Waals surface area contributed by atoms with E-state index in [1.54, 1.807) is 109 Å². The van der Waals surface area contributed by atoms with Gasteiger partial charge in [-0.05, 0) is 175 Å². The fourth-order valence-electron chi connectivity index (χ4n) is 15.2. The minimum Gasteiger partial charge on any atom is -0.496 e. The third kappa shape index (κ3) is 24.9. The Morgan fingerprint density at radius 1 is 0.343 bits per heavy atom. The van der Waals surface area contributed by atoms with Crippen LogP contribution in [-0.4, -0.2) is 204 Å². The molecule has 0 aliphatic carbocycles. The van der Waals surface area contributed by atoms with Crippen molar-refractivity contribution in [2.45, 2.75) is 53.4 Å². The second kappa shape index (κ2) is 44.7. The van der Waals surface area contributed by atoms with E-state index in [0.717, 1.165) is 88.8 Å². The highest BCUT2D eigenvalue weighted by atomic mass is 79.9. The number of anilines is 4. The zero-order chi connectivity index (χ0) is 95.6. The minimum absolute atomic E-state index is 0.0143. The van der Waals surface area contributed by atoms with E-state index in [9.17, 15) is 47.1 Å². The number of methoxy groups -OCH3 is 2. The number of halogens is 6. The molecule has 4 aliphatic heterocycles. The van der Waals surface area contributed by atoms with E-state index < -0.39 is 35.0 Å². The van der Waals surface area contributed by atoms with E-state index in [-0.39, 0.29) is 65.8 Å². The molecule has 8 heterocycles. The number of amides is 4. The number of rotatable bonds is 26. The van der Waals surface area contributed by atoms with Gasteiger partial charge in [0.15, 0.2) is 23.1 Å². The topological polar surface area (TPSA) is 317 Å². The molecule has 4 aliphatic rings. The van der Waals surface area contributed by atoms with Crippen LogP contribution < -0.4 is 30.7 Å². The van der Waals surface area contributed by atoms with E-state index in [0.29, 0.717) is 136 Å². The summed E-state index contributed by atoms with van der Waals surface area (Å²) in [5.41, 5.74) is 11.2. The van der Waals surface area contributed by atoms with Gasteiger partial charge >= 0.3 is 0 Å². The molecule has 8 aromatic carbocycles. The predicted molar refractivity (Wildman–Crippen MR) is 523 cm³/mol. The van der Waals surface area contributed by atoms with Crippen molar-refractivity contribution in [2.75, 3.05) is 116 Å². The van der Waals surface area contributed by atoms with Gasteiger partial charge in [-0.3, -0.25) is 58.3 Å². The first-order chi connectivity index (χ1) is 64.3. The molecule has 12 aromatic rings. The van der Waals surface area contributed by atoms with E-state index >= 15 is 0 Å². The maximum absolute atomic E-state index is 15.0. The number of likely N-dealkylation sites (N-methyl/N-ethyl adjacent to an activating group) is 4. The summed E-state index contributed by atoms with van der Waals surface area (Å²) in [6.07, 6.45) is 5.73. The van der Waals surface area contributed by atoms with E-state index in [4.69, 9.17) is 44.3 Å². The Morgan fingerprint density at radius 3 is 0.970 bits per heavy atom. The molecule has 0 radical (unpaired) electrons. The number of carbonyl (C=O) groups excluding carboxylic acids is 8. The summed E-state index contributed by atoms with van der Waals surface area (Å²) in [5, 5.41) is 12.3. The fourth-order valence-corrected chi connectivity index (χ4v) is 15.7. The van der Waals surface area contributed by atoms with Gasteiger partial charge in [0, 0.05) is 176 Å². The second-order valence-corrected chi connectivity index (χ2v) is 34.2. The molecule has 0 saturated carbocycles. The van der Waals surface area contributed by atoms with Crippen LogP contribution in [0.1, 0.15) is 150 Å². The van der Waals surface area contributed by atoms with Gasteiger partial charge in [0.2, 0.25) is 0 Å². The first kappa shape index (κ1) is 97.1. The molecule has 4 amide bonds. The minimum atomic E-state index is -0.641. The highest BCUT2D eigenvalue weighted by molar-refractivity contribution is 9.10. The zero-order valence-corrected chi connectivity index (χ0v) is 78.8. The maximum Gasteiger partial charge on any atom is 0.257 e. The number of Topliss-reactive ketones (excluding diaryl/α,β-unsaturated/α-hetero) is 4. The Bertz CT molecular complexity index is 6610. The molecule has 0 spiro atoms. The van der Waals surface area contributed by atoms with Crippen molar-refractivity contribution in [1.82, 2.24) is 39.5 Å². The van der Waals surface area contributed by atoms with Crippen LogP contribution in [0.3, 0.4) is 0 Å². The standard InChI is InChI=1S/C26H24ClFN4O3.C26H25ClN4O3.C25H23BrN4O2.C25H22ClFN4O2/c1-15-10-20(26(34)31-24-7-5-17(27)14-30-24)19(23(11-15)35-3)13-22(33)18-6-4-16(12-21(18)28)25-29-8-9-32(25)2;1-16-12-21(26(33)30-24-9-8-19(27)15-29-24)20(23(13-16)34-3)14-22(32)17-4-6-18(7-5-17)25-28-10-11-31(25)2;1-16-3-4-19(21(13-16)25(32)29-23-10-9-20(26)15-28-23)14-22(31)17-5-7-18(8-6-17)24-27-11-12-30(24)2;1-15-3-4-16(20(11-15)25(33)30-23-8-6-18(26)14-29-23)13-22(32)19-7-5-17(12-21(19)27)24-28-9-10-31(24)2/h4-7,10-12,14H,8-9,13H2,1-3H3,(H,30,31,34);4-9,12-13,15H,10-11,14H2,1-3H3,(H,29,30,33);3-10,13,15H,11-12,14H2,1-2H3,(H,28,29,32);3-8,11-12,14H,9-10,13H2,1-2H3,(H,29,30,33). The normalized spacial score (nSPS) is 13.0. The summed E-state index contributed by atoms with van der Waals surface area (Å²) in [6.45, 7) is 13.7. The Morgan fingerprint density at radius 2 is 0.649 bits per heavy atom. The number of ether oxygens (including phenoxy) is 2. The summed E-state index contributed by atoms with van der Waals surface area (Å²) in [6, 6.07) is 54.8. The number of pyridine rings is 4. The smallest absolute Gasteiger partial charge is 0.257 e. The largest absolute Gasteiger partial charge is 0.496 e. The lowest BCUT2D eigenvalue weighted by molar-refractivity contribution is 0.0976. The number of carbonyl (C=O) groups is 8. The molecule has 16 rings (SSSR count). The number of benzene rings is 8. The van der Waals surface area contributed by atoms with Crippen molar-refractivity contribution in [3.05, 3.63) is 361 Å². The van der Waals surface area contributed by atoms with E-state index in [1.165, 1.54) is 57.1 Å². The number of hydrogen-bond donors (Lipinski definition) is 4. The highest BCUT2D eigenvalue weighted by Gasteiger charge is 2.29. The summed E-state index contributed by atoms with van der Waals surface area (Å²) >= 11 is 20.9. The first-order valence-electron chi connectivity index (χ1n) is 42.6. The van der Waals surface area contributed by atoms with Crippen LogP contribution >= 0.6 is 50.7 Å². The second-order valence-electron chi connectivity index (χ2n) is 32.0. The van der Waals surface area contributed by atoms with Gasteiger partial charge < -0.3 is 50.3 Å². The van der Waals surface area contributed by atoms with Crippen LogP contribution in [0, 0.1) is 39.3 Å². The summed E-state index contributed by atoms with van der Waals surface area (Å²) in [5.74, 6) is 1.74. The Hall–Kier alpha value is -14.4. The molecule has 4 aromatic heterocycles. The van der Waals surface area contributed by atoms with Crippen LogP contribution in [-0.2, 0) is 25.7 Å². The van der Waals surface area contributed by atoms with Crippen molar-refractivity contribution in [1.29, 1.82) is 0 Å². The monoisotopic (exact) mass is 1920 g/mol. The highest BCUT2D eigenvalue weighted by Crippen LogP contribution is 2.33. The number of aryl methyl sites for hydroxylation is 4. The molecule has 26 nitrogen and oxygen atoms in total. The average Bonchev–Trinajstić information content (AvgIpc) is 0.900. The number of aromatic nitrogens is 4. The number of amidine groups is 4. The molecule has 0 saturated heterocycles. The summed E-state index contributed by atoms with van der Waals surface area (Å²) in [4.78, 5) is 147. The fraction of sp³-hybridized carbons (Fsp3) is 0.216. The van der Waals surface area contributed by atoms with Crippen molar-refractivity contribution < 1.29 is 56.6 Å². The van der Waals surface area contributed by atoms with Crippen molar-refractivity contribution >= 4 is 144 Å². The van der Waals surface area contributed by atoms with Crippen molar-refractivity contribution in [3.8, 4) is 11.5 Å². The Balaban J connectivity index is 0.000000152. The molecule has 0 bridgehead atoms. The number of ketones is 4. The van der Waals surface area contributed by atoms with Crippen molar-refractivity contribution in [3.63, 3.8) is 0 Å². The maximum atomic E-state index is 15.0. The Labute approximate surface area is 797 Å². The first-order valence-corrected chi connectivity index (χ1v) is 44.5. The Kier molecular flexibility index (Phi) is 32.4. The molecule has 0 fully saturated rings. The number of aliphatic imine (C=N–C) groups is 4. The molecule has 0 unspecified atom stereocenters.